The highest BCUT2D eigenvalue weighted by atomic mass is 16.4. The summed E-state index contributed by atoms with van der Waals surface area (Å²) in [5.74, 6) is 0.711. The number of rotatable bonds is 3. The van der Waals surface area contributed by atoms with Gasteiger partial charge in [-0.1, -0.05) is 6.92 Å². The van der Waals surface area contributed by atoms with E-state index in [1.807, 2.05) is 0 Å². The molecule has 110 valence electrons. The van der Waals surface area contributed by atoms with Gasteiger partial charge in [-0.15, -0.1) is 0 Å². The van der Waals surface area contributed by atoms with E-state index in [2.05, 4.69) is 22.6 Å². The molecule has 1 saturated heterocycles. The Morgan fingerprint density at radius 3 is 2.80 bits per heavy atom. The van der Waals surface area contributed by atoms with E-state index in [1.54, 1.807) is 0 Å². The smallest absolute Gasteiger partial charge is 0.308 e. The molecule has 0 amide bonds. The molecule has 2 aliphatic heterocycles. The van der Waals surface area contributed by atoms with E-state index in [0.29, 0.717) is 12.5 Å². The minimum absolute atomic E-state index is 0.244. The first-order valence-corrected chi connectivity index (χ1v) is 7.68. The number of piperidine rings is 1. The maximum absolute atomic E-state index is 11.1. The molecule has 0 saturated carbocycles. The van der Waals surface area contributed by atoms with Crippen molar-refractivity contribution in [2.75, 3.05) is 19.6 Å². The number of aliphatic carboxylic acids is 1. The van der Waals surface area contributed by atoms with Crippen LogP contribution in [0.1, 0.15) is 43.6 Å². The number of aryl methyl sites for hydroxylation is 1. The normalized spacial score (nSPS) is 24.6. The SMILES string of the molecule is CCN1CCC(c2cn3c(n2)CCC(C(=O)O)C3)CC1. The molecule has 5 nitrogen and oxygen atoms in total. The van der Waals surface area contributed by atoms with Crippen LogP contribution in [-0.2, 0) is 17.8 Å². The summed E-state index contributed by atoms with van der Waals surface area (Å²) in [6, 6.07) is 0. The van der Waals surface area contributed by atoms with Crippen LogP contribution in [0.3, 0.4) is 0 Å². The van der Waals surface area contributed by atoms with Crippen molar-refractivity contribution in [3.05, 3.63) is 17.7 Å². The molecule has 1 aromatic rings. The topological polar surface area (TPSA) is 58.4 Å². The Kier molecular flexibility index (Phi) is 3.78. The molecule has 0 radical (unpaired) electrons. The summed E-state index contributed by atoms with van der Waals surface area (Å²) in [4.78, 5) is 18.4. The number of carbonyl (C=O) groups is 1. The maximum atomic E-state index is 11.1. The van der Waals surface area contributed by atoms with E-state index in [1.165, 1.54) is 18.5 Å². The summed E-state index contributed by atoms with van der Waals surface area (Å²) in [5, 5.41) is 9.14. The average molecular weight is 277 g/mol. The van der Waals surface area contributed by atoms with Crippen LogP contribution in [0.5, 0.6) is 0 Å². The van der Waals surface area contributed by atoms with Crippen LogP contribution in [0.4, 0.5) is 0 Å². The first-order chi connectivity index (χ1) is 9.67. The summed E-state index contributed by atoms with van der Waals surface area (Å²) in [6.07, 6.45) is 5.97. The minimum atomic E-state index is -0.679. The fourth-order valence-corrected chi connectivity index (χ4v) is 3.41. The Morgan fingerprint density at radius 2 is 2.15 bits per heavy atom. The zero-order valence-corrected chi connectivity index (χ0v) is 12.1. The van der Waals surface area contributed by atoms with Crippen LogP contribution in [-0.4, -0.2) is 45.2 Å². The van der Waals surface area contributed by atoms with Gasteiger partial charge in [0.2, 0.25) is 0 Å². The van der Waals surface area contributed by atoms with Gasteiger partial charge in [0.15, 0.2) is 0 Å². The van der Waals surface area contributed by atoms with Crippen LogP contribution in [0.15, 0.2) is 6.20 Å². The van der Waals surface area contributed by atoms with E-state index < -0.39 is 5.97 Å². The van der Waals surface area contributed by atoms with Gasteiger partial charge in [-0.2, -0.15) is 0 Å². The van der Waals surface area contributed by atoms with Crippen LogP contribution in [0.2, 0.25) is 0 Å². The summed E-state index contributed by atoms with van der Waals surface area (Å²) in [7, 11) is 0. The van der Waals surface area contributed by atoms with Crippen molar-refractivity contribution < 1.29 is 9.90 Å². The maximum Gasteiger partial charge on any atom is 0.308 e. The number of carboxylic acid groups (broad SMARTS) is 1. The number of imidazole rings is 1. The Hall–Kier alpha value is -1.36. The average Bonchev–Trinajstić information content (AvgIpc) is 2.90. The summed E-state index contributed by atoms with van der Waals surface area (Å²) < 4.78 is 2.07. The second kappa shape index (κ2) is 5.56. The number of carboxylic acids is 1. The van der Waals surface area contributed by atoms with Crippen LogP contribution in [0.25, 0.3) is 0 Å². The van der Waals surface area contributed by atoms with E-state index in [-0.39, 0.29) is 5.92 Å². The molecular weight excluding hydrogens is 254 g/mol. The third-order valence-electron chi connectivity index (χ3n) is 4.81. The van der Waals surface area contributed by atoms with E-state index in [4.69, 9.17) is 10.1 Å². The lowest BCUT2D eigenvalue weighted by molar-refractivity contribution is -0.142. The summed E-state index contributed by atoms with van der Waals surface area (Å²) >= 11 is 0. The minimum Gasteiger partial charge on any atom is -0.481 e. The highest BCUT2D eigenvalue weighted by Crippen LogP contribution is 2.29. The molecule has 1 fully saturated rings. The van der Waals surface area contributed by atoms with Crippen molar-refractivity contribution in [2.45, 2.75) is 45.1 Å². The van der Waals surface area contributed by atoms with E-state index in [9.17, 15) is 4.79 Å². The Morgan fingerprint density at radius 1 is 1.40 bits per heavy atom. The molecule has 1 aromatic heterocycles. The molecule has 2 aliphatic rings. The second-order valence-electron chi connectivity index (χ2n) is 6.02. The lowest BCUT2D eigenvalue weighted by Crippen LogP contribution is -2.32. The second-order valence-corrected chi connectivity index (χ2v) is 6.02. The van der Waals surface area contributed by atoms with Gasteiger partial charge >= 0.3 is 5.97 Å². The number of fused-ring (bicyclic) bond motifs is 1. The number of nitrogens with zero attached hydrogens (tertiary/aromatic N) is 3. The fourth-order valence-electron chi connectivity index (χ4n) is 3.41. The van der Waals surface area contributed by atoms with Crippen molar-refractivity contribution in [3.8, 4) is 0 Å². The highest BCUT2D eigenvalue weighted by Gasteiger charge is 2.28. The summed E-state index contributed by atoms with van der Waals surface area (Å²) in [6.45, 7) is 6.24. The van der Waals surface area contributed by atoms with Crippen molar-refractivity contribution >= 4 is 5.97 Å². The van der Waals surface area contributed by atoms with Crippen LogP contribution < -0.4 is 0 Å². The molecule has 3 heterocycles. The zero-order valence-electron chi connectivity index (χ0n) is 12.1. The van der Waals surface area contributed by atoms with Crippen LogP contribution >= 0.6 is 0 Å². The van der Waals surface area contributed by atoms with Crippen molar-refractivity contribution in [1.82, 2.24) is 14.5 Å². The molecule has 1 unspecified atom stereocenters. The first-order valence-electron chi connectivity index (χ1n) is 7.68. The molecule has 0 spiro atoms. The van der Waals surface area contributed by atoms with Gasteiger partial charge in [-0.05, 0) is 38.9 Å². The molecule has 0 aliphatic carbocycles. The van der Waals surface area contributed by atoms with Gasteiger partial charge < -0.3 is 14.6 Å². The van der Waals surface area contributed by atoms with Gasteiger partial charge in [-0.25, -0.2) is 4.98 Å². The van der Waals surface area contributed by atoms with E-state index >= 15 is 0 Å². The Labute approximate surface area is 119 Å². The van der Waals surface area contributed by atoms with Gasteiger partial charge in [-0.3, -0.25) is 4.79 Å². The number of aromatic nitrogens is 2. The molecular formula is C15H23N3O2. The molecule has 1 atom stereocenters. The van der Waals surface area contributed by atoms with Crippen molar-refractivity contribution in [2.24, 2.45) is 5.92 Å². The molecule has 20 heavy (non-hydrogen) atoms. The predicted molar refractivity (Wildman–Crippen MR) is 75.8 cm³/mol. The summed E-state index contributed by atoms with van der Waals surface area (Å²) in [5.41, 5.74) is 1.18. The van der Waals surface area contributed by atoms with E-state index in [0.717, 1.165) is 38.3 Å². The van der Waals surface area contributed by atoms with Crippen molar-refractivity contribution in [3.63, 3.8) is 0 Å². The highest BCUT2D eigenvalue weighted by molar-refractivity contribution is 5.70. The third kappa shape index (κ3) is 2.59. The van der Waals surface area contributed by atoms with Gasteiger partial charge in [0.05, 0.1) is 11.6 Å². The van der Waals surface area contributed by atoms with Crippen LogP contribution in [0, 0.1) is 5.92 Å². The fraction of sp³-hybridized carbons (Fsp3) is 0.733. The Bertz CT molecular complexity index is 489. The molecule has 0 bridgehead atoms. The quantitative estimate of drug-likeness (QED) is 0.914. The van der Waals surface area contributed by atoms with Gasteiger partial charge in [0.25, 0.3) is 0 Å². The largest absolute Gasteiger partial charge is 0.481 e. The Balaban J connectivity index is 1.70. The number of hydrogen-bond donors (Lipinski definition) is 1. The van der Waals surface area contributed by atoms with Gasteiger partial charge in [0.1, 0.15) is 5.82 Å². The lowest BCUT2D eigenvalue weighted by Gasteiger charge is -2.30. The molecule has 0 aromatic carbocycles. The molecule has 5 heteroatoms. The lowest BCUT2D eigenvalue weighted by atomic mass is 9.94. The predicted octanol–water partition coefficient (Wildman–Crippen LogP) is 1.73. The molecule has 3 rings (SSSR count). The monoisotopic (exact) mass is 277 g/mol. The number of hydrogen-bond acceptors (Lipinski definition) is 3. The molecule has 1 N–H and O–H groups in total. The third-order valence-corrected chi connectivity index (χ3v) is 4.81. The first kappa shape index (κ1) is 13.6. The number of likely N-dealkylation sites (tertiary alicyclic amines) is 1. The standard InChI is InChI=1S/C15H23N3O2/c1-2-17-7-5-11(6-8-17)13-10-18-9-12(15(19)20)3-4-14(18)16-13/h10-12H,2-9H2,1H3,(H,19,20). The van der Waals surface area contributed by atoms with Crippen molar-refractivity contribution in [1.29, 1.82) is 0 Å². The zero-order chi connectivity index (χ0) is 14.1. The van der Waals surface area contributed by atoms with Gasteiger partial charge in [0, 0.05) is 25.1 Å².